The Hall–Kier alpha value is -3.48. The minimum absolute atomic E-state index is 0.182. The summed E-state index contributed by atoms with van der Waals surface area (Å²) in [6, 6.07) is 15.2. The van der Waals surface area contributed by atoms with Crippen molar-refractivity contribution in [3.8, 4) is 0 Å². The van der Waals surface area contributed by atoms with E-state index in [0.717, 1.165) is 66.9 Å². The van der Waals surface area contributed by atoms with Gasteiger partial charge in [-0.3, -0.25) is 14.8 Å². The molecule has 2 aromatic carbocycles. The molecule has 1 aromatic heterocycles. The van der Waals surface area contributed by atoms with E-state index >= 15 is 0 Å². The number of hydrogen-bond acceptors (Lipinski definition) is 4. The molecule has 2 aliphatic carbocycles. The Morgan fingerprint density at radius 3 is 2.86 bits per heavy atom. The second kappa shape index (κ2) is 9.77. The maximum absolute atomic E-state index is 13.0. The van der Waals surface area contributed by atoms with E-state index in [9.17, 15) is 4.79 Å². The largest absolute Gasteiger partial charge is 0.383 e. The van der Waals surface area contributed by atoms with E-state index in [0.29, 0.717) is 5.92 Å². The highest BCUT2D eigenvalue weighted by molar-refractivity contribution is 5.93. The summed E-state index contributed by atoms with van der Waals surface area (Å²) in [6.45, 7) is 5.80. The number of benzene rings is 2. The molecule has 0 radical (unpaired) electrons. The lowest BCUT2D eigenvalue weighted by Crippen LogP contribution is -2.42. The third-order valence-electron chi connectivity index (χ3n) is 8.31. The predicted octanol–water partition coefficient (Wildman–Crippen LogP) is 5.27. The van der Waals surface area contributed by atoms with Crippen molar-refractivity contribution in [2.24, 2.45) is 11.3 Å². The van der Waals surface area contributed by atoms with Crippen LogP contribution in [-0.4, -0.2) is 47.8 Å². The maximum Gasteiger partial charge on any atom is 0.231 e. The number of carbonyl (C=O) groups excluding carboxylic acids is 1. The molecule has 2 heterocycles. The van der Waals surface area contributed by atoms with Crippen LogP contribution in [0, 0.1) is 11.3 Å². The smallest absolute Gasteiger partial charge is 0.231 e. The van der Waals surface area contributed by atoms with Crippen LogP contribution in [0.5, 0.6) is 0 Å². The summed E-state index contributed by atoms with van der Waals surface area (Å²) in [5.74, 6) is 0.732. The Morgan fingerprint density at radius 1 is 1.19 bits per heavy atom. The highest BCUT2D eigenvalue weighted by Crippen LogP contribution is 2.66. The Balaban J connectivity index is 1.15. The van der Waals surface area contributed by atoms with Gasteiger partial charge in [-0.05, 0) is 60.2 Å². The Labute approximate surface area is 218 Å². The average molecular weight is 495 g/mol. The fourth-order valence-corrected chi connectivity index (χ4v) is 6.03. The molecule has 1 aliphatic heterocycles. The SMILES string of the molecule is CCN(CCOC)Cc1ccc(/C=C/c2n[nH]c3cc([C@@H]4C[C@@]45C(=O)NC4=CC5CC=C4)ccc23)cc1. The molecule has 1 spiro atoms. The Morgan fingerprint density at radius 2 is 2.05 bits per heavy atom. The molecule has 37 heavy (non-hydrogen) atoms. The molecule has 3 aromatic rings. The normalized spacial score (nSPS) is 24.3. The first-order valence-electron chi connectivity index (χ1n) is 13.3. The van der Waals surface area contributed by atoms with Crippen LogP contribution in [0.2, 0.25) is 0 Å². The van der Waals surface area contributed by atoms with Crippen molar-refractivity contribution in [3.05, 3.63) is 88.8 Å². The zero-order valence-corrected chi connectivity index (χ0v) is 21.5. The van der Waals surface area contributed by atoms with E-state index < -0.39 is 0 Å². The lowest BCUT2D eigenvalue weighted by atomic mass is 9.77. The zero-order chi connectivity index (χ0) is 25.4. The van der Waals surface area contributed by atoms with Crippen molar-refractivity contribution in [1.29, 1.82) is 0 Å². The average Bonchev–Trinajstić information content (AvgIpc) is 3.56. The van der Waals surface area contributed by atoms with Crippen molar-refractivity contribution in [1.82, 2.24) is 20.4 Å². The summed E-state index contributed by atoms with van der Waals surface area (Å²) in [5, 5.41) is 12.0. The summed E-state index contributed by atoms with van der Waals surface area (Å²) in [7, 11) is 1.75. The lowest BCUT2D eigenvalue weighted by molar-refractivity contribution is -0.127. The highest BCUT2D eigenvalue weighted by Gasteiger charge is 2.65. The number of H-pyrrole nitrogens is 1. The molecule has 3 atom stereocenters. The van der Waals surface area contributed by atoms with E-state index in [2.05, 4.69) is 94.1 Å². The van der Waals surface area contributed by atoms with Crippen LogP contribution < -0.4 is 5.32 Å². The monoisotopic (exact) mass is 494 g/mol. The summed E-state index contributed by atoms with van der Waals surface area (Å²) >= 11 is 0. The number of amides is 1. The van der Waals surface area contributed by atoms with Gasteiger partial charge < -0.3 is 10.1 Å². The van der Waals surface area contributed by atoms with Crippen LogP contribution >= 0.6 is 0 Å². The number of allylic oxidation sites excluding steroid dienone is 3. The number of nitrogens with zero attached hydrogens (tertiary/aromatic N) is 2. The van der Waals surface area contributed by atoms with E-state index in [4.69, 9.17) is 4.74 Å². The van der Waals surface area contributed by atoms with Gasteiger partial charge in [0.1, 0.15) is 0 Å². The number of carbonyl (C=O) groups is 1. The van der Waals surface area contributed by atoms with Crippen LogP contribution in [0.3, 0.4) is 0 Å². The molecule has 6 rings (SSSR count). The Bertz CT molecular complexity index is 1400. The van der Waals surface area contributed by atoms with E-state index in [1.165, 1.54) is 11.1 Å². The molecular formula is C31H34N4O2. The first-order valence-corrected chi connectivity index (χ1v) is 13.3. The van der Waals surface area contributed by atoms with Gasteiger partial charge in [0.05, 0.1) is 23.2 Å². The lowest BCUT2D eigenvalue weighted by Gasteiger charge is -2.32. The van der Waals surface area contributed by atoms with E-state index in [-0.39, 0.29) is 17.2 Å². The van der Waals surface area contributed by atoms with Gasteiger partial charge in [-0.15, -0.1) is 0 Å². The molecule has 1 unspecified atom stereocenters. The predicted molar refractivity (Wildman–Crippen MR) is 148 cm³/mol. The maximum atomic E-state index is 13.0. The standard InChI is InChI=1S/C31H34N4O2/c1-3-35(15-16-37-2)20-22-9-7-21(8-10-22)11-14-28-26-13-12-23(17-29(26)34-33-28)27-19-31(27)24-5-4-6-25(18-24)32-30(31)36/h4,6-14,17-18,24,27H,3,5,15-16,19-20H2,1-2H3,(H,32,36)(H,33,34)/b14-11+/t24?,27-,31-/m0/s1. The number of rotatable bonds is 9. The first kappa shape index (κ1) is 23.9. The van der Waals surface area contributed by atoms with Gasteiger partial charge in [0.25, 0.3) is 0 Å². The van der Waals surface area contributed by atoms with Crippen molar-refractivity contribution >= 4 is 29.0 Å². The second-order valence-electron chi connectivity index (χ2n) is 10.5. The van der Waals surface area contributed by atoms with Gasteiger partial charge in [0.15, 0.2) is 0 Å². The van der Waals surface area contributed by atoms with Crippen LogP contribution in [0.15, 0.2) is 66.4 Å². The molecule has 1 amide bonds. The highest BCUT2D eigenvalue weighted by atomic mass is 16.5. The number of likely N-dealkylation sites (N-methyl/N-ethyl adjacent to an activating group) is 1. The van der Waals surface area contributed by atoms with Crippen LogP contribution in [0.1, 0.15) is 48.1 Å². The molecule has 6 nitrogen and oxygen atoms in total. The topological polar surface area (TPSA) is 70.2 Å². The molecule has 1 saturated carbocycles. The minimum atomic E-state index is -0.297. The van der Waals surface area contributed by atoms with Crippen molar-refractivity contribution in [2.45, 2.75) is 32.2 Å². The van der Waals surface area contributed by atoms with E-state index in [1.807, 2.05) is 6.08 Å². The molecule has 1 fully saturated rings. The van der Waals surface area contributed by atoms with Crippen molar-refractivity contribution in [3.63, 3.8) is 0 Å². The number of fused-ring (bicyclic) bond motifs is 3. The van der Waals surface area contributed by atoms with Gasteiger partial charge in [-0.1, -0.05) is 61.5 Å². The van der Waals surface area contributed by atoms with E-state index in [1.54, 1.807) is 7.11 Å². The van der Waals surface area contributed by atoms with Gasteiger partial charge in [0.2, 0.25) is 5.91 Å². The molecule has 0 saturated heterocycles. The summed E-state index contributed by atoms with van der Waals surface area (Å²) in [6.07, 6.45) is 12.5. The fraction of sp³-hybridized carbons (Fsp3) is 0.355. The number of methoxy groups -OCH3 is 1. The quantitative estimate of drug-likeness (QED) is 0.425. The number of aromatic nitrogens is 2. The summed E-state index contributed by atoms with van der Waals surface area (Å²) < 4.78 is 5.22. The number of aromatic amines is 1. The summed E-state index contributed by atoms with van der Waals surface area (Å²) in [5.41, 5.74) is 6.26. The first-order chi connectivity index (χ1) is 18.1. The third-order valence-corrected chi connectivity index (χ3v) is 8.31. The van der Waals surface area contributed by atoms with Crippen LogP contribution in [-0.2, 0) is 16.1 Å². The molecule has 3 aliphatic rings. The minimum Gasteiger partial charge on any atom is -0.383 e. The molecule has 2 bridgehead atoms. The van der Waals surface area contributed by atoms with Crippen molar-refractivity contribution in [2.75, 3.05) is 26.8 Å². The van der Waals surface area contributed by atoms with Gasteiger partial charge in [-0.2, -0.15) is 5.10 Å². The second-order valence-corrected chi connectivity index (χ2v) is 10.5. The Kier molecular flexibility index (Phi) is 6.31. The van der Waals surface area contributed by atoms with Crippen LogP contribution in [0.25, 0.3) is 23.1 Å². The van der Waals surface area contributed by atoms with Gasteiger partial charge in [0, 0.05) is 37.2 Å². The van der Waals surface area contributed by atoms with Crippen molar-refractivity contribution < 1.29 is 9.53 Å². The molecular weight excluding hydrogens is 460 g/mol. The van der Waals surface area contributed by atoms with Gasteiger partial charge in [-0.25, -0.2) is 0 Å². The fourth-order valence-electron chi connectivity index (χ4n) is 6.03. The van der Waals surface area contributed by atoms with Gasteiger partial charge >= 0.3 is 0 Å². The number of ether oxygens (including phenoxy) is 1. The third kappa shape index (κ3) is 4.45. The molecule has 6 heteroatoms. The zero-order valence-electron chi connectivity index (χ0n) is 21.5. The number of nitrogens with one attached hydrogen (secondary N) is 2. The molecule has 190 valence electrons. The molecule has 2 N–H and O–H groups in total. The number of hydrogen-bond donors (Lipinski definition) is 2. The van der Waals surface area contributed by atoms with Crippen LogP contribution in [0.4, 0.5) is 0 Å². The summed E-state index contributed by atoms with van der Waals surface area (Å²) in [4.78, 5) is 15.3.